The number of carbonyl (C=O) groups excluding carboxylic acids is 1. The van der Waals surface area contributed by atoms with Crippen molar-refractivity contribution in [3.8, 4) is 5.75 Å². The van der Waals surface area contributed by atoms with Gasteiger partial charge in [0.05, 0.1) is 12.0 Å². The molecule has 1 fully saturated rings. The van der Waals surface area contributed by atoms with E-state index in [2.05, 4.69) is 0 Å². The lowest BCUT2D eigenvalue weighted by Gasteiger charge is -2.41. The molecule has 0 aliphatic heterocycles. The van der Waals surface area contributed by atoms with Gasteiger partial charge in [-0.1, -0.05) is 37.5 Å². The Morgan fingerprint density at radius 2 is 1.78 bits per heavy atom. The number of hydrogen-bond acceptors (Lipinski definition) is 4. The van der Waals surface area contributed by atoms with E-state index in [1.807, 2.05) is 38.3 Å². The third-order valence-electron chi connectivity index (χ3n) is 5.10. The molecule has 0 spiro atoms. The molecule has 1 N–H and O–H groups in total. The first-order valence-corrected chi connectivity index (χ1v) is 9.65. The fraction of sp³-hybridized carbons (Fsp3) is 0.632. The summed E-state index contributed by atoms with van der Waals surface area (Å²) in [5.74, 6) is -0.244. The van der Waals surface area contributed by atoms with Gasteiger partial charge in [-0.3, -0.25) is 4.79 Å². The van der Waals surface area contributed by atoms with E-state index in [0.29, 0.717) is 5.75 Å². The molecule has 0 radical (unpaired) electrons. The number of aliphatic hydroxyl groups is 1. The molecule has 0 aromatic heterocycles. The number of rotatable bonds is 5. The third-order valence-corrected chi connectivity index (χ3v) is 6.57. The summed E-state index contributed by atoms with van der Waals surface area (Å²) in [7, 11) is 0. The van der Waals surface area contributed by atoms with Crippen molar-refractivity contribution in [2.24, 2.45) is 5.92 Å². The van der Waals surface area contributed by atoms with Crippen LogP contribution in [0.5, 0.6) is 5.75 Å². The van der Waals surface area contributed by atoms with Crippen LogP contribution in [0.1, 0.15) is 50.2 Å². The minimum Gasteiger partial charge on any atom is -0.426 e. The van der Waals surface area contributed by atoms with Crippen LogP contribution in [-0.4, -0.2) is 28.2 Å². The summed E-state index contributed by atoms with van der Waals surface area (Å²) in [4.78, 5) is 12.6. The van der Waals surface area contributed by atoms with Gasteiger partial charge in [-0.2, -0.15) is 11.8 Å². The van der Waals surface area contributed by atoms with Crippen molar-refractivity contribution in [1.29, 1.82) is 0 Å². The second kappa shape index (κ2) is 7.71. The van der Waals surface area contributed by atoms with Crippen molar-refractivity contribution in [2.75, 3.05) is 6.26 Å². The van der Waals surface area contributed by atoms with Crippen LogP contribution in [-0.2, 0) is 4.79 Å². The normalized spacial score (nSPS) is 19.9. The minimum absolute atomic E-state index is 0.211. The van der Waals surface area contributed by atoms with Crippen molar-refractivity contribution in [2.45, 2.75) is 63.7 Å². The molecular formula is C19H28O3S. The first-order chi connectivity index (χ1) is 10.9. The van der Waals surface area contributed by atoms with E-state index in [1.165, 1.54) is 6.42 Å². The summed E-state index contributed by atoms with van der Waals surface area (Å²) >= 11 is 1.70. The Hall–Kier alpha value is -1.00. The molecule has 1 aromatic rings. The second-order valence-corrected chi connectivity index (χ2v) is 7.93. The highest BCUT2D eigenvalue weighted by Crippen LogP contribution is 2.43. The van der Waals surface area contributed by atoms with E-state index in [1.54, 1.807) is 18.7 Å². The maximum absolute atomic E-state index is 12.6. The molecule has 0 saturated heterocycles. The molecule has 0 amide bonds. The van der Waals surface area contributed by atoms with Crippen LogP contribution in [0.15, 0.2) is 18.2 Å². The van der Waals surface area contributed by atoms with Gasteiger partial charge in [0.1, 0.15) is 5.75 Å². The minimum atomic E-state index is -0.672. The fourth-order valence-electron chi connectivity index (χ4n) is 3.51. The number of benzene rings is 1. The molecule has 1 aromatic carbocycles. The summed E-state index contributed by atoms with van der Waals surface area (Å²) in [6, 6.07) is 5.81. The highest BCUT2D eigenvalue weighted by atomic mass is 32.2. The maximum Gasteiger partial charge on any atom is 0.316 e. The highest BCUT2D eigenvalue weighted by molar-refractivity contribution is 8.00. The molecule has 1 aliphatic carbocycles. The number of para-hydroxylation sites is 1. The zero-order valence-electron chi connectivity index (χ0n) is 14.6. The van der Waals surface area contributed by atoms with Crippen molar-refractivity contribution in [3.05, 3.63) is 29.3 Å². The summed E-state index contributed by atoms with van der Waals surface area (Å²) in [6.45, 7) is 5.65. The van der Waals surface area contributed by atoms with Gasteiger partial charge in [0.25, 0.3) is 0 Å². The van der Waals surface area contributed by atoms with E-state index >= 15 is 0 Å². The Kier molecular flexibility index (Phi) is 6.15. The second-order valence-electron chi connectivity index (χ2n) is 6.71. The van der Waals surface area contributed by atoms with Gasteiger partial charge >= 0.3 is 5.97 Å². The summed E-state index contributed by atoms with van der Waals surface area (Å²) in [5.41, 5.74) is 1.88. The van der Waals surface area contributed by atoms with E-state index < -0.39 is 12.0 Å². The van der Waals surface area contributed by atoms with Gasteiger partial charge in [-0.15, -0.1) is 0 Å². The Labute approximate surface area is 143 Å². The van der Waals surface area contributed by atoms with Crippen LogP contribution in [0.4, 0.5) is 0 Å². The van der Waals surface area contributed by atoms with Crippen molar-refractivity contribution >= 4 is 17.7 Å². The lowest BCUT2D eigenvalue weighted by Crippen LogP contribution is -2.47. The molecular weight excluding hydrogens is 308 g/mol. The van der Waals surface area contributed by atoms with Crippen LogP contribution in [0, 0.1) is 19.8 Å². The monoisotopic (exact) mass is 336 g/mol. The largest absolute Gasteiger partial charge is 0.426 e. The van der Waals surface area contributed by atoms with Gasteiger partial charge in [0.15, 0.2) is 0 Å². The molecule has 1 aliphatic rings. The van der Waals surface area contributed by atoms with Gasteiger partial charge < -0.3 is 9.84 Å². The molecule has 128 valence electrons. The van der Waals surface area contributed by atoms with Gasteiger partial charge in [0, 0.05) is 4.75 Å². The average Bonchev–Trinajstić information content (AvgIpc) is 2.57. The quantitative estimate of drug-likeness (QED) is 0.644. The number of thioether (sulfide) groups is 1. The maximum atomic E-state index is 12.6. The summed E-state index contributed by atoms with van der Waals surface area (Å²) in [6.07, 6.45) is 6.77. The molecule has 2 rings (SSSR count). The third kappa shape index (κ3) is 3.92. The predicted molar refractivity (Wildman–Crippen MR) is 96.1 cm³/mol. The van der Waals surface area contributed by atoms with Crippen molar-refractivity contribution < 1.29 is 14.6 Å². The first kappa shape index (κ1) is 18.3. The van der Waals surface area contributed by atoms with E-state index in [9.17, 15) is 9.90 Å². The van der Waals surface area contributed by atoms with E-state index in [4.69, 9.17) is 4.74 Å². The zero-order chi connectivity index (χ0) is 17.0. The average molecular weight is 336 g/mol. The van der Waals surface area contributed by atoms with Gasteiger partial charge in [0.2, 0.25) is 0 Å². The Bertz CT molecular complexity index is 529. The van der Waals surface area contributed by atoms with Crippen LogP contribution in [0.3, 0.4) is 0 Å². The number of aryl methyl sites for hydroxylation is 2. The molecule has 0 unspecified atom stereocenters. The Morgan fingerprint density at radius 1 is 1.22 bits per heavy atom. The Balaban J connectivity index is 2.12. The number of aliphatic hydroxyl groups excluding tert-OH is 1. The lowest BCUT2D eigenvalue weighted by atomic mass is 9.80. The number of ether oxygens (including phenoxy) is 1. The molecule has 4 heteroatoms. The standard InChI is InChI=1S/C19H28O3S/c1-13-9-8-10-14(2)16(13)22-18(21)15(3)17(20)19(23-4)11-6-5-7-12-19/h8-10,15,17,20H,5-7,11-12H2,1-4H3/t15-,17+/m1/s1. The van der Waals surface area contributed by atoms with Gasteiger partial charge in [-0.25, -0.2) is 0 Å². The van der Waals surface area contributed by atoms with Crippen molar-refractivity contribution in [1.82, 2.24) is 0 Å². The number of hydrogen-bond donors (Lipinski definition) is 1. The fourth-order valence-corrected chi connectivity index (χ4v) is 4.65. The summed E-state index contributed by atoms with van der Waals surface area (Å²) < 4.78 is 5.42. The molecule has 2 atom stereocenters. The van der Waals surface area contributed by atoms with Crippen LogP contribution in [0.2, 0.25) is 0 Å². The number of esters is 1. The molecule has 3 nitrogen and oxygen atoms in total. The van der Waals surface area contributed by atoms with Crippen LogP contribution < -0.4 is 4.74 Å². The predicted octanol–water partition coefficient (Wildman–Crippen LogP) is 4.27. The number of carbonyl (C=O) groups is 1. The van der Waals surface area contributed by atoms with Crippen LogP contribution in [0.25, 0.3) is 0 Å². The van der Waals surface area contributed by atoms with E-state index in [0.717, 1.165) is 36.8 Å². The molecule has 0 bridgehead atoms. The zero-order valence-corrected chi connectivity index (χ0v) is 15.4. The van der Waals surface area contributed by atoms with Gasteiger partial charge in [-0.05, 0) is 51.0 Å². The van der Waals surface area contributed by atoms with Crippen LogP contribution >= 0.6 is 11.8 Å². The molecule has 1 saturated carbocycles. The lowest BCUT2D eigenvalue weighted by molar-refractivity contribution is -0.143. The molecule has 23 heavy (non-hydrogen) atoms. The van der Waals surface area contributed by atoms with Crippen molar-refractivity contribution in [3.63, 3.8) is 0 Å². The SMILES string of the molecule is CSC1([C@@H](O)[C@@H](C)C(=O)Oc2c(C)cccc2C)CCCCC1. The first-order valence-electron chi connectivity index (χ1n) is 8.42. The van der Waals surface area contributed by atoms with E-state index in [-0.39, 0.29) is 10.7 Å². The Morgan fingerprint density at radius 3 is 2.30 bits per heavy atom. The smallest absolute Gasteiger partial charge is 0.316 e. The summed E-state index contributed by atoms with van der Waals surface area (Å²) in [5, 5.41) is 10.9. The molecule has 0 heterocycles. The topological polar surface area (TPSA) is 46.5 Å². The highest BCUT2D eigenvalue weighted by Gasteiger charge is 2.43.